The van der Waals surface area contributed by atoms with Gasteiger partial charge in [0, 0.05) is 14.1 Å². The lowest BCUT2D eigenvalue weighted by Gasteiger charge is -2.24. The topological polar surface area (TPSA) is 112 Å². The van der Waals surface area contributed by atoms with Crippen LogP contribution in [0.1, 0.15) is 13.2 Å². The Balaban J connectivity index is 2.05. The summed E-state index contributed by atoms with van der Waals surface area (Å²) in [6.07, 6.45) is -2.00. The minimum atomic E-state index is -2.09. The smallest absolute Gasteiger partial charge is 0.224 e. The number of nitrogens with two attached hydrogens (primary N) is 1. The second kappa shape index (κ2) is 6.65. The number of aliphatic hydroxyl groups excluding tert-OH is 1. The maximum atomic E-state index is 15.2. The molecule has 0 spiro atoms. The van der Waals surface area contributed by atoms with Gasteiger partial charge in [-0.05, 0) is 18.7 Å². The van der Waals surface area contributed by atoms with E-state index >= 15 is 4.39 Å². The van der Waals surface area contributed by atoms with Crippen molar-refractivity contribution in [3.63, 3.8) is 0 Å². The monoisotopic (exact) mass is 388 g/mol. The number of hydrogen-bond donors (Lipinski definition) is 2. The van der Waals surface area contributed by atoms with E-state index in [9.17, 15) is 5.11 Å². The molecule has 0 saturated carbocycles. The largest absolute Gasteiger partial charge is 0.387 e. The zero-order valence-corrected chi connectivity index (χ0v) is 15.5. The molecule has 1 aliphatic rings. The van der Waals surface area contributed by atoms with Gasteiger partial charge in [-0.25, -0.2) is 9.37 Å². The number of fused-ring (bicyclic) bond motifs is 1. The van der Waals surface area contributed by atoms with E-state index in [2.05, 4.69) is 26.8 Å². The van der Waals surface area contributed by atoms with Crippen LogP contribution in [-0.4, -0.2) is 63.2 Å². The number of aromatic nitrogens is 4. The number of ether oxygens (including phenoxy) is 1. The van der Waals surface area contributed by atoms with Crippen LogP contribution in [0.15, 0.2) is 6.33 Å². The van der Waals surface area contributed by atoms with Gasteiger partial charge in [-0.2, -0.15) is 9.97 Å². The van der Waals surface area contributed by atoms with Crippen molar-refractivity contribution in [3.8, 4) is 0 Å². The SMILES string of the molecule is CN(C)c1nc(N)nc2c1ncn2[C@@H]1O[C@H](COP=S)[C@@H](O)[C@@]1(C)F. The molecule has 1 saturated heterocycles. The predicted octanol–water partition coefficient (Wildman–Crippen LogP) is 0.801. The van der Waals surface area contributed by atoms with Gasteiger partial charge >= 0.3 is 0 Å². The maximum absolute atomic E-state index is 15.2. The third kappa shape index (κ3) is 3.06. The van der Waals surface area contributed by atoms with E-state index in [4.69, 9.17) is 15.0 Å². The Hall–Kier alpha value is -1.52. The van der Waals surface area contributed by atoms with Crippen molar-refractivity contribution < 1.29 is 18.8 Å². The molecule has 9 nitrogen and oxygen atoms in total. The lowest BCUT2D eigenvalue weighted by Crippen LogP contribution is -2.40. The minimum Gasteiger partial charge on any atom is -0.387 e. The molecule has 2 aromatic rings. The summed E-state index contributed by atoms with van der Waals surface area (Å²) in [7, 11) is 3.83. The third-order valence-corrected chi connectivity index (χ3v) is 4.68. The van der Waals surface area contributed by atoms with Crippen LogP contribution in [0.25, 0.3) is 11.2 Å². The maximum Gasteiger partial charge on any atom is 0.224 e. The highest BCUT2D eigenvalue weighted by Gasteiger charge is 2.55. The number of alkyl halides is 1. The first-order valence-electron chi connectivity index (χ1n) is 7.41. The van der Waals surface area contributed by atoms with Crippen molar-refractivity contribution in [2.75, 3.05) is 31.3 Å². The summed E-state index contributed by atoms with van der Waals surface area (Å²) >= 11 is 4.68. The van der Waals surface area contributed by atoms with Crippen LogP contribution in [0.5, 0.6) is 0 Å². The highest BCUT2D eigenvalue weighted by atomic mass is 32.4. The Morgan fingerprint density at radius 2 is 2.28 bits per heavy atom. The van der Waals surface area contributed by atoms with Gasteiger partial charge in [0.05, 0.1) is 12.9 Å². The highest BCUT2D eigenvalue weighted by Crippen LogP contribution is 2.43. The van der Waals surface area contributed by atoms with Crippen molar-refractivity contribution >= 4 is 42.3 Å². The van der Waals surface area contributed by atoms with E-state index in [-0.39, 0.29) is 20.1 Å². The average molecular weight is 388 g/mol. The summed E-state index contributed by atoms with van der Waals surface area (Å²) in [5, 5.41) is 10.3. The van der Waals surface area contributed by atoms with Crippen molar-refractivity contribution in [2.24, 2.45) is 0 Å². The molecule has 3 N–H and O–H groups in total. The van der Waals surface area contributed by atoms with Crippen LogP contribution in [0, 0.1) is 0 Å². The molecule has 4 atom stereocenters. The van der Waals surface area contributed by atoms with E-state index in [1.165, 1.54) is 17.8 Å². The average Bonchev–Trinajstić information content (AvgIpc) is 3.05. The van der Waals surface area contributed by atoms with Crippen molar-refractivity contribution in [1.29, 1.82) is 0 Å². The normalized spacial score (nSPS) is 29.6. The molecular formula is C13H18FN6O3PS. The minimum absolute atomic E-state index is 0.0189. The predicted molar refractivity (Wildman–Crippen MR) is 93.7 cm³/mol. The van der Waals surface area contributed by atoms with Crippen LogP contribution in [0.4, 0.5) is 16.2 Å². The molecule has 0 aromatic carbocycles. The number of hydrogen-bond acceptors (Lipinski definition) is 9. The van der Waals surface area contributed by atoms with Gasteiger partial charge in [0.25, 0.3) is 0 Å². The Labute approximate surface area is 149 Å². The quantitative estimate of drug-likeness (QED) is 0.718. The van der Waals surface area contributed by atoms with Gasteiger partial charge in [-0.1, -0.05) is 0 Å². The molecule has 0 aliphatic carbocycles. The molecule has 0 bridgehead atoms. The molecule has 0 unspecified atom stereocenters. The Kier molecular flexibility index (Phi) is 4.86. The van der Waals surface area contributed by atoms with Crippen LogP contribution < -0.4 is 10.6 Å². The zero-order chi connectivity index (χ0) is 18.4. The fourth-order valence-corrected chi connectivity index (χ4v) is 3.25. The molecular weight excluding hydrogens is 370 g/mol. The van der Waals surface area contributed by atoms with Crippen LogP contribution in [-0.2, 0) is 21.1 Å². The molecule has 2 aromatic heterocycles. The van der Waals surface area contributed by atoms with E-state index in [1.54, 1.807) is 19.0 Å². The summed E-state index contributed by atoms with van der Waals surface area (Å²) in [5.41, 5.74) is 4.46. The summed E-state index contributed by atoms with van der Waals surface area (Å²) in [6, 6.07) is 0. The van der Waals surface area contributed by atoms with Crippen molar-refractivity contribution in [3.05, 3.63) is 6.33 Å². The molecule has 25 heavy (non-hydrogen) atoms. The molecule has 0 radical (unpaired) electrons. The first-order chi connectivity index (χ1) is 11.8. The van der Waals surface area contributed by atoms with Crippen LogP contribution in [0.3, 0.4) is 0 Å². The zero-order valence-electron chi connectivity index (χ0n) is 13.8. The van der Waals surface area contributed by atoms with Gasteiger partial charge in [-0.15, -0.1) is 0 Å². The number of imidazole rings is 1. The molecule has 1 aliphatic heterocycles. The fourth-order valence-electron chi connectivity index (χ4n) is 2.86. The number of halogens is 1. The summed E-state index contributed by atoms with van der Waals surface area (Å²) in [6.45, 7) is 1.24. The van der Waals surface area contributed by atoms with Crippen molar-refractivity contribution in [2.45, 2.75) is 31.0 Å². The number of aliphatic hydroxyl groups is 1. The molecule has 136 valence electrons. The third-order valence-electron chi connectivity index (χ3n) is 4.11. The number of nitrogen functional groups attached to an aromatic ring is 1. The molecule has 3 heterocycles. The number of nitrogens with zero attached hydrogens (tertiary/aromatic N) is 5. The first kappa shape index (κ1) is 18.3. The van der Waals surface area contributed by atoms with E-state index in [0.717, 1.165) is 0 Å². The summed E-state index contributed by atoms with van der Waals surface area (Å²) in [5.74, 6) is 0.534. The second-order valence-electron chi connectivity index (χ2n) is 6.12. The highest BCUT2D eigenvalue weighted by molar-refractivity contribution is 7.94. The summed E-state index contributed by atoms with van der Waals surface area (Å²) in [4.78, 5) is 14.3. The number of rotatable bonds is 5. The fraction of sp³-hybridized carbons (Fsp3) is 0.615. The van der Waals surface area contributed by atoms with Gasteiger partial charge in [0.1, 0.15) is 19.8 Å². The molecule has 12 heteroatoms. The van der Waals surface area contributed by atoms with Crippen LogP contribution >= 0.6 is 7.58 Å². The number of anilines is 2. The van der Waals surface area contributed by atoms with Gasteiger partial charge in [0.15, 0.2) is 28.9 Å². The second-order valence-corrected chi connectivity index (χ2v) is 6.97. The van der Waals surface area contributed by atoms with E-state index in [0.29, 0.717) is 17.0 Å². The van der Waals surface area contributed by atoms with Crippen molar-refractivity contribution in [1.82, 2.24) is 19.5 Å². The Morgan fingerprint density at radius 3 is 2.92 bits per heavy atom. The standard InChI is InChI=1S/C13H18FN6O3PS/c1-13(14)8(21)6(4-22-24-25)23-11(13)20-5-16-7-9(19(2)3)17-12(15)18-10(7)20/h5-6,8,11,21H,4H2,1-3H3,(H2,15,17,18)/t6-,8-,11-,13-/m1/s1. The van der Waals surface area contributed by atoms with Gasteiger partial charge in [-0.3, -0.25) is 4.57 Å². The molecule has 1 fully saturated rings. The molecule has 3 rings (SSSR count). The lowest BCUT2D eigenvalue weighted by molar-refractivity contribution is -0.0526. The van der Waals surface area contributed by atoms with E-state index < -0.39 is 24.1 Å². The molecule has 0 amide bonds. The van der Waals surface area contributed by atoms with Gasteiger partial charge in [0.2, 0.25) is 5.95 Å². The Bertz CT molecular complexity index is 803. The first-order valence-corrected chi connectivity index (χ1v) is 9.24. The van der Waals surface area contributed by atoms with Crippen LogP contribution in [0.2, 0.25) is 0 Å². The lowest BCUT2D eigenvalue weighted by atomic mass is 9.98. The summed E-state index contributed by atoms with van der Waals surface area (Å²) < 4.78 is 27.4. The van der Waals surface area contributed by atoms with Gasteiger partial charge < -0.3 is 25.0 Å². The Morgan fingerprint density at radius 1 is 1.56 bits per heavy atom. The van der Waals surface area contributed by atoms with E-state index in [1.807, 2.05) is 0 Å².